The zero-order valence-corrected chi connectivity index (χ0v) is 9.48. The minimum atomic E-state index is -0.333. The Hall–Kier alpha value is -0.610. The van der Waals surface area contributed by atoms with Gasteiger partial charge in [0.15, 0.2) is 0 Å². The Kier molecular flexibility index (Phi) is 5.05. The van der Waals surface area contributed by atoms with E-state index in [0.717, 1.165) is 25.8 Å². The van der Waals surface area contributed by atoms with Crippen LogP contribution in [-0.2, 0) is 4.79 Å². The third-order valence-corrected chi connectivity index (χ3v) is 3.12. The summed E-state index contributed by atoms with van der Waals surface area (Å²) in [4.78, 5) is 13.6. The van der Waals surface area contributed by atoms with Crippen LogP contribution in [0.15, 0.2) is 0 Å². The van der Waals surface area contributed by atoms with Crippen molar-refractivity contribution in [1.29, 1.82) is 0 Å². The number of carbonyl (C=O) groups is 1. The van der Waals surface area contributed by atoms with Gasteiger partial charge in [0, 0.05) is 19.5 Å². The van der Waals surface area contributed by atoms with Crippen molar-refractivity contribution in [3.05, 3.63) is 0 Å². The summed E-state index contributed by atoms with van der Waals surface area (Å²) in [6, 6.07) is 0. The molecule has 4 heteroatoms. The second-order valence-corrected chi connectivity index (χ2v) is 4.35. The highest BCUT2D eigenvalue weighted by Gasteiger charge is 2.23. The van der Waals surface area contributed by atoms with Crippen LogP contribution in [0.3, 0.4) is 0 Å². The number of β-amino-alcohol motifs (C(OH)–C–C–N with tert-alkyl or cyclic N) is 1. The number of hydrogen-bond acceptors (Lipinski definition) is 3. The smallest absolute Gasteiger partial charge is 0.222 e. The molecule has 3 N–H and O–H groups in total. The SMILES string of the molecule is CCC(CN)CC(=O)N1CCCC(O)C1. The molecule has 4 nitrogen and oxygen atoms in total. The van der Waals surface area contributed by atoms with Crippen LogP contribution in [0.4, 0.5) is 0 Å². The first-order valence-corrected chi connectivity index (χ1v) is 5.83. The number of hydrogen-bond donors (Lipinski definition) is 2. The highest BCUT2D eigenvalue weighted by molar-refractivity contribution is 5.76. The van der Waals surface area contributed by atoms with Gasteiger partial charge in [0.05, 0.1) is 6.10 Å². The Balaban J connectivity index is 2.38. The summed E-state index contributed by atoms with van der Waals surface area (Å²) >= 11 is 0. The van der Waals surface area contributed by atoms with Crippen LogP contribution in [0, 0.1) is 5.92 Å². The van der Waals surface area contributed by atoms with Crippen molar-refractivity contribution in [2.24, 2.45) is 11.7 Å². The molecule has 2 atom stereocenters. The number of rotatable bonds is 4. The number of aliphatic hydroxyl groups excluding tert-OH is 1. The van der Waals surface area contributed by atoms with Gasteiger partial charge in [-0.15, -0.1) is 0 Å². The Bertz CT molecular complexity index is 205. The molecule has 1 fully saturated rings. The topological polar surface area (TPSA) is 66.6 Å². The van der Waals surface area contributed by atoms with E-state index in [1.807, 2.05) is 0 Å². The highest BCUT2D eigenvalue weighted by atomic mass is 16.3. The first-order valence-electron chi connectivity index (χ1n) is 5.83. The molecule has 0 bridgehead atoms. The van der Waals surface area contributed by atoms with Crippen LogP contribution >= 0.6 is 0 Å². The number of nitrogens with zero attached hydrogens (tertiary/aromatic N) is 1. The molecule has 1 aliphatic rings. The third-order valence-electron chi connectivity index (χ3n) is 3.12. The van der Waals surface area contributed by atoms with Crippen molar-refractivity contribution in [2.45, 2.75) is 38.7 Å². The molecule has 1 saturated heterocycles. The van der Waals surface area contributed by atoms with Gasteiger partial charge in [0.1, 0.15) is 0 Å². The highest BCUT2D eigenvalue weighted by Crippen LogP contribution is 2.14. The Morgan fingerprint density at radius 1 is 1.67 bits per heavy atom. The lowest BCUT2D eigenvalue weighted by molar-refractivity contribution is -0.135. The summed E-state index contributed by atoms with van der Waals surface area (Å²) in [7, 11) is 0. The number of nitrogens with two attached hydrogens (primary N) is 1. The van der Waals surface area contributed by atoms with E-state index >= 15 is 0 Å². The molecule has 1 rings (SSSR count). The van der Waals surface area contributed by atoms with Crippen molar-refractivity contribution < 1.29 is 9.90 Å². The average molecular weight is 214 g/mol. The summed E-state index contributed by atoms with van der Waals surface area (Å²) in [6.45, 7) is 3.91. The Morgan fingerprint density at radius 3 is 2.93 bits per heavy atom. The van der Waals surface area contributed by atoms with Crippen LogP contribution in [0.1, 0.15) is 32.6 Å². The van der Waals surface area contributed by atoms with Gasteiger partial charge in [-0.05, 0) is 25.3 Å². The van der Waals surface area contributed by atoms with Crippen LogP contribution in [-0.4, -0.2) is 41.7 Å². The summed E-state index contributed by atoms with van der Waals surface area (Å²) in [5.74, 6) is 0.433. The number of aliphatic hydroxyl groups is 1. The fraction of sp³-hybridized carbons (Fsp3) is 0.909. The van der Waals surface area contributed by atoms with Crippen LogP contribution in [0.25, 0.3) is 0 Å². The summed E-state index contributed by atoms with van der Waals surface area (Å²) < 4.78 is 0. The maximum absolute atomic E-state index is 11.8. The molecule has 0 aromatic heterocycles. The van der Waals surface area contributed by atoms with Gasteiger partial charge in [-0.1, -0.05) is 13.3 Å². The molecule has 0 aromatic rings. The molecule has 0 saturated carbocycles. The molecule has 1 aliphatic heterocycles. The minimum Gasteiger partial charge on any atom is -0.391 e. The molecular weight excluding hydrogens is 192 g/mol. The lowest BCUT2D eigenvalue weighted by atomic mass is 10.0. The molecule has 0 aromatic carbocycles. The fourth-order valence-electron chi connectivity index (χ4n) is 1.95. The van der Waals surface area contributed by atoms with Gasteiger partial charge in [0.25, 0.3) is 0 Å². The van der Waals surface area contributed by atoms with E-state index in [2.05, 4.69) is 6.92 Å². The van der Waals surface area contributed by atoms with Gasteiger partial charge in [-0.3, -0.25) is 4.79 Å². The van der Waals surface area contributed by atoms with E-state index in [-0.39, 0.29) is 17.9 Å². The first kappa shape index (κ1) is 12.5. The molecule has 0 aliphatic carbocycles. The van der Waals surface area contributed by atoms with Gasteiger partial charge in [-0.25, -0.2) is 0 Å². The number of amides is 1. The maximum Gasteiger partial charge on any atom is 0.222 e. The lowest BCUT2D eigenvalue weighted by Crippen LogP contribution is -2.43. The summed E-state index contributed by atoms with van der Waals surface area (Å²) in [5.41, 5.74) is 5.57. The lowest BCUT2D eigenvalue weighted by Gasteiger charge is -2.31. The third kappa shape index (κ3) is 3.80. The van der Waals surface area contributed by atoms with Gasteiger partial charge >= 0.3 is 0 Å². The molecule has 88 valence electrons. The normalized spacial score (nSPS) is 23.9. The second-order valence-electron chi connectivity index (χ2n) is 4.35. The number of piperidine rings is 1. The Labute approximate surface area is 91.4 Å². The summed E-state index contributed by atoms with van der Waals surface area (Å²) in [6.07, 6.45) is 2.86. The van der Waals surface area contributed by atoms with E-state index < -0.39 is 0 Å². The van der Waals surface area contributed by atoms with E-state index in [9.17, 15) is 9.90 Å². The van der Waals surface area contributed by atoms with Crippen molar-refractivity contribution in [3.8, 4) is 0 Å². The first-order chi connectivity index (χ1) is 7.17. The van der Waals surface area contributed by atoms with Crippen molar-refractivity contribution >= 4 is 5.91 Å². The van der Waals surface area contributed by atoms with Crippen LogP contribution in [0.5, 0.6) is 0 Å². The summed E-state index contributed by atoms with van der Waals surface area (Å²) in [5, 5.41) is 9.46. The van der Waals surface area contributed by atoms with E-state index in [4.69, 9.17) is 5.73 Å². The fourth-order valence-corrected chi connectivity index (χ4v) is 1.95. The van der Waals surface area contributed by atoms with Gasteiger partial charge in [0.2, 0.25) is 5.91 Å². The van der Waals surface area contributed by atoms with Gasteiger partial charge in [-0.2, -0.15) is 0 Å². The number of likely N-dealkylation sites (tertiary alicyclic amines) is 1. The molecular formula is C11H22N2O2. The zero-order valence-electron chi connectivity index (χ0n) is 9.48. The van der Waals surface area contributed by atoms with Gasteiger partial charge < -0.3 is 15.7 Å². The molecule has 1 amide bonds. The largest absolute Gasteiger partial charge is 0.391 e. The molecule has 2 unspecified atom stereocenters. The molecule has 0 spiro atoms. The molecule has 0 radical (unpaired) electrons. The minimum absolute atomic E-state index is 0.144. The number of carbonyl (C=O) groups excluding carboxylic acids is 1. The van der Waals surface area contributed by atoms with Crippen molar-refractivity contribution in [1.82, 2.24) is 4.90 Å². The van der Waals surface area contributed by atoms with E-state index in [1.165, 1.54) is 0 Å². The monoisotopic (exact) mass is 214 g/mol. The predicted molar refractivity (Wildman–Crippen MR) is 59.3 cm³/mol. The Morgan fingerprint density at radius 2 is 2.40 bits per heavy atom. The standard InChI is InChI=1S/C11H22N2O2/c1-2-9(7-12)6-11(15)13-5-3-4-10(14)8-13/h9-10,14H,2-8,12H2,1H3. The molecule has 1 heterocycles. The molecule has 15 heavy (non-hydrogen) atoms. The quantitative estimate of drug-likeness (QED) is 0.709. The second kappa shape index (κ2) is 6.08. The maximum atomic E-state index is 11.8. The van der Waals surface area contributed by atoms with E-state index in [1.54, 1.807) is 4.90 Å². The van der Waals surface area contributed by atoms with Crippen molar-refractivity contribution in [3.63, 3.8) is 0 Å². The van der Waals surface area contributed by atoms with E-state index in [0.29, 0.717) is 19.5 Å². The van der Waals surface area contributed by atoms with Crippen LogP contribution in [0.2, 0.25) is 0 Å². The van der Waals surface area contributed by atoms with Crippen LogP contribution < -0.4 is 5.73 Å². The predicted octanol–water partition coefficient (Wildman–Crippen LogP) is 0.345. The van der Waals surface area contributed by atoms with Crippen molar-refractivity contribution in [2.75, 3.05) is 19.6 Å². The zero-order chi connectivity index (χ0) is 11.3. The average Bonchev–Trinajstić information content (AvgIpc) is 2.25.